The van der Waals surface area contributed by atoms with Crippen molar-refractivity contribution in [3.05, 3.63) is 64.5 Å². The number of amides is 2. The van der Waals surface area contributed by atoms with Crippen LogP contribution in [0, 0.1) is 0 Å². The van der Waals surface area contributed by atoms with Gasteiger partial charge in [-0.1, -0.05) is 24.3 Å². The first-order valence-electron chi connectivity index (χ1n) is 7.66. The number of thiophene rings is 1. The summed E-state index contributed by atoms with van der Waals surface area (Å²) in [7, 11) is 0. The molecule has 3 aromatic rings. The molecule has 0 saturated carbocycles. The molecule has 1 aromatic carbocycles. The van der Waals surface area contributed by atoms with Gasteiger partial charge in [-0.2, -0.15) is 11.3 Å². The second-order valence-electron chi connectivity index (χ2n) is 5.81. The Labute approximate surface area is 144 Å². The number of rotatable bonds is 5. The standard InChI is InChI=1S/C18H19N3O2S/c1-18(23,15-7-9-24-11-15)12-21-17(22)20-10-14-5-2-4-13-6-3-8-19-16(13)14/h2-9,11,23H,10,12H2,1H3,(H2,20,21,22)/t18-/m0/s1. The summed E-state index contributed by atoms with van der Waals surface area (Å²) in [6, 6.07) is 11.3. The van der Waals surface area contributed by atoms with E-state index >= 15 is 0 Å². The molecule has 3 rings (SSSR count). The molecule has 0 saturated heterocycles. The molecule has 0 aliphatic rings. The Morgan fingerprint density at radius 2 is 2.08 bits per heavy atom. The van der Waals surface area contributed by atoms with Crippen molar-refractivity contribution >= 4 is 28.3 Å². The number of aromatic nitrogens is 1. The first-order valence-corrected chi connectivity index (χ1v) is 8.60. The fourth-order valence-corrected chi connectivity index (χ4v) is 3.26. The number of hydrogen-bond acceptors (Lipinski definition) is 4. The van der Waals surface area contributed by atoms with Gasteiger partial charge in [0, 0.05) is 18.1 Å². The minimum absolute atomic E-state index is 0.142. The molecular weight excluding hydrogens is 322 g/mol. The molecule has 0 unspecified atom stereocenters. The number of benzene rings is 1. The zero-order valence-electron chi connectivity index (χ0n) is 13.3. The summed E-state index contributed by atoms with van der Waals surface area (Å²) in [5, 5.41) is 20.7. The smallest absolute Gasteiger partial charge is 0.315 e. The highest BCUT2D eigenvalue weighted by Crippen LogP contribution is 2.22. The third kappa shape index (κ3) is 3.72. The minimum atomic E-state index is -1.08. The normalized spacial score (nSPS) is 13.4. The van der Waals surface area contributed by atoms with E-state index in [9.17, 15) is 9.90 Å². The maximum Gasteiger partial charge on any atom is 0.315 e. The van der Waals surface area contributed by atoms with Crippen LogP contribution in [0.5, 0.6) is 0 Å². The van der Waals surface area contributed by atoms with Crippen LogP contribution in [0.15, 0.2) is 53.4 Å². The summed E-state index contributed by atoms with van der Waals surface area (Å²) >= 11 is 1.51. The molecule has 0 fully saturated rings. The highest BCUT2D eigenvalue weighted by Gasteiger charge is 2.24. The molecule has 0 aliphatic heterocycles. The van der Waals surface area contributed by atoms with Gasteiger partial charge in [0.25, 0.3) is 0 Å². The van der Waals surface area contributed by atoms with Gasteiger partial charge in [0.1, 0.15) is 5.60 Å². The van der Waals surface area contributed by atoms with Gasteiger partial charge < -0.3 is 15.7 Å². The van der Waals surface area contributed by atoms with Crippen LogP contribution in [0.2, 0.25) is 0 Å². The van der Waals surface area contributed by atoms with Crippen LogP contribution < -0.4 is 10.6 Å². The van der Waals surface area contributed by atoms with Gasteiger partial charge in [-0.15, -0.1) is 0 Å². The summed E-state index contributed by atoms with van der Waals surface area (Å²) in [5.74, 6) is 0. The Kier molecular flexibility index (Phi) is 4.78. The van der Waals surface area contributed by atoms with Crippen molar-refractivity contribution in [3.63, 3.8) is 0 Å². The number of nitrogens with one attached hydrogen (secondary N) is 2. The SMILES string of the molecule is C[C@](O)(CNC(=O)NCc1cccc2cccnc12)c1ccsc1. The summed E-state index contributed by atoms with van der Waals surface area (Å²) in [5.41, 5.74) is 1.54. The van der Waals surface area contributed by atoms with Gasteiger partial charge in [0.2, 0.25) is 0 Å². The van der Waals surface area contributed by atoms with E-state index in [1.165, 1.54) is 11.3 Å². The summed E-state index contributed by atoms with van der Waals surface area (Å²) in [6.07, 6.45) is 1.74. The largest absolute Gasteiger partial charge is 0.384 e. The molecule has 124 valence electrons. The lowest BCUT2D eigenvalue weighted by Gasteiger charge is -2.22. The Hall–Kier alpha value is -2.44. The van der Waals surface area contributed by atoms with Crippen LogP contribution in [-0.2, 0) is 12.1 Å². The van der Waals surface area contributed by atoms with Gasteiger partial charge in [-0.05, 0) is 40.9 Å². The lowest BCUT2D eigenvalue weighted by molar-refractivity contribution is 0.0598. The van der Waals surface area contributed by atoms with Crippen molar-refractivity contribution in [2.75, 3.05) is 6.54 Å². The zero-order chi connectivity index (χ0) is 17.0. The van der Waals surface area contributed by atoms with Crippen LogP contribution in [0.3, 0.4) is 0 Å². The number of fused-ring (bicyclic) bond motifs is 1. The average molecular weight is 341 g/mol. The second kappa shape index (κ2) is 6.98. The molecule has 0 radical (unpaired) electrons. The van der Waals surface area contributed by atoms with Crippen LogP contribution in [0.1, 0.15) is 18.1 Å². The molecule has 2 amide bonds. The zero-order valence-corrected chi connectivity index (χ0v) is 14.1. The van der Waals surface area contributed by atoms with E-state index in [0.29, 0.717) is 6.54 Å². The summed E-state index contributed by atoms with van der Waals surface area (Å²) in [4.78, 5) is 16.4. The number of para-hydroxylation sites is 1. The molecule has 2 aromatic heterocycles. The highest BCUT2D eigenvalue weighted by molar-refractivity contribution is 7.08. The van der Waals surface area contributed by atoms with Crippen molar-refractivity contribution in [2.45, 2.75) is 19.1 Å². The van der Waals surface area contributed by atoms with Gasteiger partial charge in [-0.3, -0.25) is 4.98 Å². The Bertz CT molecular complexity index is 826. The molecule has 0 aliphatic carbocycles. The van der Waals surface area contributed by atoms with E-state index in [2.05, 4.69) is 15.6 Å². The number of urea groups is 1. The lowest BCUT2D eigenvalue weighted by atomic mass is 9.99. The molecule has 6 heteroatoms. The predicted molar refractivity (Wildman–Crippen MR) is 95.9 cm³/mol. The predicted octanol–water partition coefficient (Wildman–Crippen LogP) is 3.00. The van der Waals surface area contributed by atoms with Crippen LogP contribution in [0.25, 0.3) is 10.9 Å². The summed E-state index contributed by atoms with van der Waals surface area (Å²) in [6.45, 7) is 2.20. The van der Waals surface area contributed by atoms with Crippen molar-refractivity contribution in [1.29, 1.82) is 0 Å². The number of nitrogens with zero attached hydrogens (tertiary/aromatic N) is 1. The number of aliphatic hydroxyl groups is 1. The van der Waals surface area contributed by atoms with E-state index in [1.807, 2.05) is 47.2 Å². The molecule has 0 bridgehead atoms. The Balaban J connectivity index is 1.58. The third-order valence-electron chi connectivity index (χ3n) is 3.89. The molecule has 1 atom stereocenters. The second-order valence-corrected chi connectivity index (χ2v) is 6.59. The van der Waals surface area contributed by atoms with Gasteiger partial charge in [0.15, 0.2) is 0 Å². The van der Waals surface area contributed by atoms with Crippen LogP contribution >= 0.6 is 11.3 Å². The van der Waals surface area contributed by atoms with E-state index in [0.717, 1.165) is 22.0 Å². The Morgan fingerprint density at radius 3 is 2.88 bits per heavy atom. The van der Waals surface area contributed by atoms with Crippen molar-refractivity contribution in [3.8, 4) is 0 Å². The monoisotopic (exact) mass is 341 g/mol. The third-order valence-corrected chi connectivity index (χ3v) is 4.58. The fraction of sp³-hybridized carbons (Fsp3) is 0.222. The first-order chi connectivity index (χ1) is 11.6. The fourth-order valence-electron chi connectivity index (χ4n) is 2.47. The molecule has 0 spiro atoms. The molecule has 3 N–H and O–H groups in total. The Morgan fingerprint density at radius 1 is 1.25 bits per heavy atom. The number of hydrogen-bond donors (Lipinski definition) is 3. The van der Waals surface area contributed by atoms with Gasteiger partial charge in [-0.25, -0.2) is 4.79 Å². The van der Waals surface area contributed by atoms with E-state index in [4.69, 9.17) is 0 Å². The number of carbonyl (C=O) groups excluding carboxylic acids is 1. The molecule has 2 heterocycles. The summed E-state index contributed by atoms with van der Waals surface area (Å²) < 4.78 is 0. The van der Waals surface area contributed by atoms with E-state index < -0.39 is 5.60 Å². The van der Waals surface area contributed by atoms with E-state index in [1.54, 1.807) is 13.1 Å². The van der Waals surface area contributed by atoms with Crippen molar-refractivity contribution < 1.29 is 9.90 Å². The van der Waals surface area contributed by atoms with Crippen LogP contribution in [-0.4, -0.2) is 22.7 Å². The van der Waals surface area contributed by atoms with Crippen molar-refractivity contribution in [2.24, 2.45) is 0 Å². The topological polar surface area (TPSA) is 74.2 Å². The maximum absolute atomic E-state index is 12.0. The number of pyridine rings is 1. The quantitative estimate of drug-likeness (QED) is 0.668. The first kappa shape index (κ1) is 16.4. The number of carbonyl (C=O) groups is 1. The van der Waals surface area contributed by atoms with Crippen molar-refractivity contribution in [1.82, 2.24) is 15.6 Å². The maximum atomic E-state index is 12.0. The average Bonchev–Trinajstić information content (AvgIpc) is 3.14. The lowest BCUT2D eigenvalue weighted by Crippen LogP contribution is -2.43. The molecule has 5 nitrogen and oxygen atoms in total. The minimum Gasteiger partial charge on any atom is -0.384 e. The van der Waals surface area contributed by atoms with Gasteiger partial charge in [0.05, 0.1) is 12.1 Å². The molecule has 24 heavy (non-hydrogen) atoms. The van der Waals surface area contributed by atoms with Gasteiger partial charge >= 0.3 is 6.03 Å². The highest BCUT2D eigenvalue weighted by atomic mass is 32.1. The van der Waals surface area contributed by atoms with E-state index in [-0.39, 0.29) is 12.6 Å². The molecular formula is C18H19N3O2S. The van der Waals surface area contributed by atoms with Crippen LogP contribution in [0.4, 0.5) is 4.79 Å².